The fraction of sp³-hybridized carbons (Fsp3) is 0.118. The largest absolute Gasteiger partial charge is 0.489 e. The smallest absolute Gasteiger partial charge is 0.182 e. The van der Waals surface area contributed by atoms with Crippen LogP contribution in [0.3, 0.4) is 0 Å². The summed E-state index contributed by atoms with van der Waals surface area (Å²) < 4.78 is 5.93. The van der Waals surface area contributed by atoms with Gasteiger partial charge in [-0.2, -0.15) is 0 Å². The van der Waals surface area contributed by atoms with Crippen molar-refractivity contribution in [3.8, 4) is 5.75 Å². The average Bonchev–Trinajstić information content (AvgIpc) is 3.07. The molecule has 3 aromatic rings. The van der Waals surface area contributed by atoms with Crippen LogP contribution >= 0.6 is 22.9 Å². The van der Waals surface area contributed by atoms with Gasteiger partial charge in [-0.3, -0.25) is 0 Å². The van der Waals surface area contributed by atoms with Crippen molar-refractivity contribution >= 4 is 28.1 Å². The molecule has 0 saturated heterocycles. The van der Waals surface area contributed by atoms with Crippen molar-refractivity contribution in [2.75, 3.05) is 5.32 Å². The molecule has 0 unspecified atom stereocenters. The summed E-state index contributed by atoms with van der Waals surface area (Å²) in [7, 11) is 0. The van der Waals surface area contributed by atoms with Gasteiger partial charge in [-0.25, -0.2) is 4.98 Å². The van der Waals surface area contributed by atoms with Gasteiger partial charge in [-0.15, -0.1) is 11.3 Å². The predicted molar refractivity (Wildman–Crippen MR) is 91.7 cm³/mol. The molecule has 0 bridgehead atoms. The standard InChI is InChI=1S/C17H15ClN2OS/c18-15-7-5-13(6-8-15)12-21-16-4-2-1-3-14(16)11-20-17-19-9-10-22-17/h1-10H,11-12H2,(H,19,20). The molecule has 1 aromatic heterocycles. The molecule has 0 spiro atoms. The normalized spacial score (nSPS) is 10.4. The highest BCUT2D eigenvalue weighted by molar-refractivity contribution is 7.13. The summed E-state index contributed by atoms with van der Waals surface area (Å²) in [5.74, 6) is 0.876. The van der Waals surface area contributed by atoms with Gasteiger partial charge in [0.05, 0.1) is 0 Å². The topological polar surface area (TPSA) is 34.1 Å². The fourth-order valence-electron chi connectivity index (χ4n) is 2.01. The number of rotatable bonds is 6. The second kappa shape index (κ2) is 7.29. The van der Waals surface area contributed by atoms with Crippen molar-refractivity contribution in [3.05, 3.63) is 76.3 Å². The molecule has 1 N–H and O–H groups in total. The Morgan fingerprint density at radius 3 is 2.68 bits per heavy atom. The van der Waals surface area contributed by atoms with E-state index in [1.807, 2.05) is 47.8 Å². The van der Waals surface area contributed by atoms with Crippen molar-refractivity contribution < 1.29 is 4.74 Å². The molecule has 3 rings (SSSR count). The van der Waals surface area contributed by atoms with Crippen LogP contribution in [0.5, 0.6) is 5.75 Å². The number of nitrogens with zero attached hydrogens (tertiary/aromatic N) is 1. The fourth-order valence-corrected chi connectivity index (χ4v) is 2.67. The lowest BCUT2D eigenvalue weighted by atomic mass is 10.2. The first-order valence-corrected chi connectivity index (χ1v) is 8.15. The molecule has 0 fully saturated rings. The maximum absolute atomic E-state index is 5.93. The lowest BCUT2D eigenvalue weighted by Gasteiger charge is -2.12. The zero-order valence-electron chi connectivity index (χ0n) is 11.8. The van der Waals surface area contributed by atoms with E-state index in [0.29, 0.717) is 13.2 Å². The van der Waals surface area contributed by atoms with Crippen LogP contribution in [0.1, 0.15) is 11.1 Å². The van der Waals surface area contributed by atoms with E-state index in [1.165, 1.54) is 0 Å². The molecule has 0 aliphatic carbocycles. The molecule has 0 atom stereocenters. The van der Waals surface area contributed by atoms with Crippen LogP contribution < -0.4 is 10.1 Å². The lowest BCUT2D eigenvalue weighted by molar-refractivity contribution is 0.303. The molecule has 3 nitrogen and oxygen atoms in total. The third kappa shape index (κ3) is 4.00. The summed E-state index contributed by atoms with van der Waals surface area (Å²) in [6.07, 6.45) is 1.79. The highest BCUT2D eigenvalue weighted by Gasteiger charge is 2.04. The Bertz CT molecular complexity index is 714. The minimum absolute atomic E-state index is 0.519. The van der Waals surface area contributed by atoms with Crippen LogP contribution in [-0.2, 0) is 13.2 Å². The molecule has 0 aliphatic heterocycles. The molecule has 0 saturated carbocycles. The molecule has 2 aromatic carbocycles. The van der Waals surface area contributed by atoms with Crippen molar-refractivity contribution in [1.29, 1.82) is 0 Å². The van der Waals surface area contributed by atoms with Crippen molar-refractivity contribution in [2.45, 2.75) is 13.2 Å². The number of aromatic nitrogens is 1. The Hall–Kier alpha value is -2.04. The zero-order valence-corrected chi connectivity index (χ0v) is 13.4. The monoisotopic (exact) mass is 330 g/mol. The summed E-state index contributed by atoms with van der Waals surface area (Å²) in [6, 6.07) is 15.7. The number of halogens is 1. The van der Waals surface area contributed by atoms with Gasteiger partial charge in [0.15, 0.2) is 5.13 Å². The second-order valence-electron chi connectivity index (χ2n) is 4.71. The van der Waals surface area contributed by atoms with Crippen molar-refractivity contribution in [1.82, 2.24) is 4.98 Å². The number of anilines is 1. The van der Waals surface area contributed by atoms with E-state index in [1.54, 1.807) is 17.5 Å². The summed E-state index contributed by atoms with van der Waals surface area (Å²) in [4.78, 5) is 4.22. The first-order valence-electron chi connectivity index (χ1n) is 6.90. The van der Waals surface area contributed by atoms with E-state index in [2.05, 4.69) is 16.4 Å². The Labute approximate surface area is 138 Å². The van der Waals surface area contributed by atoms with E-state index in [4.69, 9.17) is 16.3 Å². The molecule has 0 amide bonds. The Morgan fingerprint density at radius 2 is 1.91 bits per heavy atom. The first kappa shape index (κ1) is 14.9. The summed E-state index contributed by atoms with van der Waals surface area (Å²) >= 11 is 7.47. The first-order chi connectivity index (χ1) is 10.8. The quantitative estimate of drug-likeness (QED) is 0.691. The summed E-state index contributed by atoms with van der Waals surface area (Å²) in [5, 5.41) is 6.89. The Kier molecular flexibility index (Phi) is 4.93. The van der Waals surface area contributed by atoms with Gasteiger partial charge >= 0.3 is 0 Å². The van der Waals surface area contributed by atoms with Crippen LogP contribution in [0.15, 0.2) is 60.1 Å². The van der Waals surface area contributed by atoms with Crippen LogP contribution in [-0.4, -0.2) is 4.98 Å². The SMILES string of the molecule is Clc1ccc(COc2ccccc2CNc2nccs2)cc1. The molecule has 112 valence electrons. The minimum atomic E-state index is 0.519. The third-order valence-electron chi connectivity index (χ3n) is 3.14. The average molecular weight is 331 g/mol. The highest BCUT2D eigenvalue weighted by Crippen LogP contribution is 2.22. The van der Waals surface area contributed by atoms with Crippen LogP contribution in [0.4, 0.5) is 5.13 Å². The number of hydrogen-bond donors (Lipinski definition) is 1. The maximum atomic E-state index is 5.93. The van der Waals surface area contributed by atoms with Gasteiger partial charge in [0, 0.05) is 28.7 Å². The number of nitrogens with one attached hydrogen (secondary N) is 1. The molecular formula is C17H15ClN2OS. The van der Waals surface area contributed by atoms with Gasteiger partial charge < -0.3 is 10.1 Å². The van der Waals surface area contributed by atoms with Crippen molar-refractivity contribution in [3.63, 3.8) is 0 Å². The second-order valence-corrected chi connectivity index (χ2v) is 6.04. The number of thiazole rings is 1. The molecule has 0 radical (unpaired) electrons. The van der Waals surface area contributed by atoms with Crippen LogP contribution in [0, 0.1) is 0 Å². The predicted octanol–water partition coefficient (Wildman–Crippen LogP) is 4.99. The van der Waals surface area contributed by atoms with Crippen LogP contribution in [0.25, 0.3) is 0 Å². The maximum Gasteiger partial charge on any atom is 0.182 e. The van der Waals surface area contributed by atoms with Gasteiger partial charge in [-0.05, 0) is 23.8 Å². The summed E-state index contributed by atoms with van der Waals surface area (Å²) in [5.41, 5.74) is 2.19. The lowest BCUT2D eigenvalue weighted by Crippen LogP contribution is -2.03. The molecular weight excluding hydrogens is 316 g/mol. The minimum Gasteiger partial charge on any atom is -0.489 e. The van der Waals surface area contributed by atoms with Crippen molar-refractivity contribution in [2.24, 2.45) is 0 Å². The highest BCUT2D eigenvalue weighted by atomic mass is 35.5. The van der Waals surface area contributed by atoms with Gasteiger partial charge in [0.2, 0.25) is 0 Å². The Morgan fingerprint density at radius 1 is 1.09 bits per heavy atom. The number of benzene rings is 2. The van der Waals surface area contributed by atoms with E-state index in [0.717, 1.165) is 27.0 Å². The van der Waals surface area contributed by atoms with E-state index in [9.17, 15) is 0 Å². The number of ether oxygens (including phenoxy) is 1. The number of hydrogen-bond acceptors (Lipinski definition) is 4. The van der Waals surface area contributed by atoms with Gasteiger partial charge in [0.1, 0.15) is 12.4 Å². The Balaban J connectivity index is 1.64. The third-order valence-corrected chi connectivity index (χ3v) is 4.13. The molecule has 5 heteroatoms. The zero-order chi connectivity index (χ0) is 15.2. The molecule has 0 aliphatic rings. The van der Waals surface area contributed by atoms with E-state index >= 15 is 0 Å². The van der Waals surface area contributed by atoms with Gasteiger partial charge in [0.25, 0.3) is 0 Å². The number of para-hydroxylation sites is 1. The molecule has 1 heterocycles. The van der Waals surface area contributed by atoms with Crippen LogP contribution in [0.2, 0.25) is 5.02 Å². The molecule has 22 heavy (non-hydrogen) atoms. The van der Waals surface area contributed by atoms with E-state index < -0.39 is 0 Å². The van der Waals surface area contributed by atoms with Gasteiger partial charge in [-0.1, -0.05) is 41.9 Å². The summed E-state index contributed by atoms with van der Waals surface area (Å²) in [6.45, 7) is 1.20. The van der Waals surface area contributed by atoms with E-state index in [-0.39, 0.29) is 0 Å².